The minimum Gasteiger partial charge on any atom is -0.496 e. The monoisotopic (exact) mass is 362 g/mol. The summed E-state index contributed by atoms with van der Waals surface area (Å²) in [5.41, 5.74) is 1.13. The van der Waals surface area contributed by atoms with Crippen LogP contribution in [0.1, 0.15) is 29.3 Å². The number of benzene rings is 2. The lowest BCUT2D eigenvalue weighted by Gasteiger charge is -2.10. The average molecular weight is 362 g/mol. The molecule has 0 saturated heterocycles. The summed E-state index contributed by atoms with van der Waals surface area (Å²) >= 11 is 0. The van der Waals surface area contributed by atoms with E-state index in [9.17, 15) is 13.2 Å². The Labute approximate surface area is 148 Å². The molecular weight excluding hydrogens is 340 g/mol. The Morgan fingerprint density at radius 1 is 1.12 bits per heavy atom. The van der Waals surface area contributed by atoms with Crippen LogP contribution in [0.5, 0.6) is 5.75 Å². The summed E-state index contributed by atoms with van der Waals surface area (Å²) in [5.74, 6) is 0.335. The van der Waals surface area contributed by atoms with Crippen LogP contribution in [-0.2, 0) is 16.6 Å². The van der Waals surface area contributed by atoms with Crippen LogP contribution >= 0.6 is 0 Å². The van der Waals surface area contributed by atoms with Crippen molar-refractivity contribution in [1.29, 1.82) is 0 Å². The van der Waals surface area contributed by atoms with Crippen molar-refractivity contribution >= 4 is 15.9 Å². The zero-order valence-electron chi connectivity index (χ0n) is 14.3. The van der Waals surface area contributed by atoms with Crippen LogP contribution in [0.15, 0.2) is 53.4 Å². The number of methoxy groups -OCH3 is 1. The summed E-state index contributed by atoms with van der Waals surface area (Å²) in [6.45, 7) is 2.52. The molecule has 0 bridgehead atoms. The lowest BCUT2D eigenvalue weighted by molar-refractivity contribution is 0.0950. The van der Waals surface area contributed by atoms with Crippen LogP contribution in [0, 0.1) is 0 Å². The molecular formula is C18H22N2O4S. The summed E-state index contributed by atoms with van der Waals surface area (Å²) in [4.78, 5) is 12.4. The second-order valence-corrected chi connectivity index (χ2v) is 7.19. The zero-order valence-corrected chi connectivity index (χ0v) is 15.1. The maximum absolute atomic E-state index is 12.3. The predicted molar refractivity (Wildman–Crippen MR) is 96.1 cm³/mol. The van der Waals surface area contributed by atoms with Crippen molar-refractivity contribution in [2.75, 3.05) is 13.7 Å². The largest absolute Gasteiger partial charge is 0.496 e. The number of rotatable bonds is 8. The average Bonchev–Trinajstić information content (AvgIpc) is 2.64. The van der Waals surface area contributed by atoms with Crippen molar-refractivity contribution < 1.29 is 17.9 Å². The Bertz CT molecular complexity index is 834. The Morgan fingerprint density at radius 2 is 1.88 bits per heavy atom. The first kappa shape index (κ1) is 19.0. The van der Waals surface area contributed by atoms with Crippen molar-refractivity contribution in [3.05, 3.63) is 59.7 Å². The maximum Gasteiger partial charge on any atom is 0.251 e. The quantitative estimate of drug-likeness (QED) is 0.755. The maximum atomic E-state index is 12.3. The first-order valence-corrected chi connectivity index (χ1v) is 9.46. The first-order chi connectivity index (χ1) is 12.0. The fourth-order valence-electron chi connectivity index (χ4n) is 2.25. The molecule has 2 aromatic rings. The molecule has 2 rings (SSSR count). The fourth-order valence-corrected chi connectivity index (χ4v) is 3.43. The molecule has 0 atom stereocenters. The van der Waals surface area contributed by atoms with Crippen LogP contribution in [0.2, 0.25) is 0 Å². The van der Waals surface area contributed by atoms with E-state index in [1.807, 2.05) is 31.2 Å². The number of nitrogens with one attached hydrogen (secondary N) is 2. The third-order valence-electron chi connectivity index (χ3n) is 3.58. The number of ether oxygens (including phenoxy) is 1. The summed E-state index contributed by atoms with van der Waals surface area (Å²) in [6.07, 6.45) is 0.693. The second-order valence-electron chi connectivity index (χ2n) is 5.42. The van der Waals surface area contributed by atoms with Crippen molar-refractivity contribution in [2.24, 2.45) is 0 Å². The van der Waals surface area contributed by atoms with E-state index in [4.69, 9.17) is 4.74 Å². The molecule has 0 aliphatic heterocycles. The number of hydrogen-bond acceptors (Lipinski definition) is 4. The molecule has 134 valence electrons. The number of hydrogen-bond donors (Lipinski definition) is 2. The standard InChI is InChI=1S/C18H22N2O4S/c1-3-11-20-25(22,23)16-9-6-8-14(12-16)18(21)19-13-15-7-4-5-10-17(15)24-2/h4-10,12,20H,3,11,13H2,1-2H3,(H,19,21). The van der Waals surface area contributed by atoms with Crippen molar-refractivity contribution in [2.45, 2.75) is 24.8 Å². The minimum atomic E-state index is -3.61. The summed E-state index contributed by atoms with van der Waals surface area (Å²) < 4.78 is 32.1. The highest BCUT2D eigenvalue weighted by Crippen LogP contribution is 2.17. The van der Waals surface area contributed by atoms with Crippen molar-refractivity contribution in [1.82, 2.24) is 10.0 Å². The van der Waals surface area contributed by atoms with E-state index in [1.54, 1.807) is 19.2 Å². The minimum absolute atomic E-state index is 0.0749. The van der Waals surface area contributed by atoms with Gasteiger partial charge in [0.25, 0.3) is 5.91 Å². The lowest BCUT2D eigenvalue weighted by Crippen LogP contribution is -2.26. The molecule has 2 N–H and O–H groups in total. The van der Waals surface area contributed by atoms with Crippen molar-refractivity contribution in [3.63, 3.8) is 0 Å². The van der Waals surface area contributed by atoms with Crippen LogP contribution in [0.4, 0.5) is 0 Å². The SMILES string of the molecule is CCCNS(=O)(=O)c1cccc(C(=O)NCc2ccccc2OC)c1. The van der Waals surface area contributed by atoms with Gasteiger partial charge in [0.15, 0.2) is 0 Å². The van der Waals surface area contributed by atoms with E-state index in [1.165, 1.54) is 12.1 Å². The van der Waals surface area contributed by atoms with Crippen LogP contribution in [0.3, 0.4) is 0 Å². The van der Waals surface area contributed by atoms with E-state index < -0.39 is 10.0 Å². The molecule has 0 heterocycles. The Hall–Kier alpha value is -2.38. The number of amides is 1. The number of sulfonamides is 1. The first-order valence-electron chi connectivity index (χ1n) is 7.97. The van der Waals surface area contributed by atoms with Gasteiger partial charge in [-0.25, -0.2) is 13.1 Å². The van der Waals surface area contributed by atoms with E-state index in [2.05, 4.69) is 10.0 Å². The van der Waals surface area contributed by atoms with Gasteiger partial charge in [-0.05, 0) is 30.7 Å². The van der Waals surface area contributed by atoms with Gasteiger partial charge in [0.1, 0.15) is 5.75 Å². The molecule has 0 radical (unpaired) electrons. The van der Waals surface area contributed by atoms with Gasteiger partial charge in [0.05, 0.1) is 12.0 Å². The van der Waals surface area contributed by atoms with E-state index >= 15 is 0 Å². The Morgan fingerprint density at radius 3 is 2.60 bits per heavy atom. The lowest BCUT2D eigenvalue weighted by atomic mass is 10.2. The predicted octanol–water partition coefficient (Wildman–Crippen LogP) is 2.31. The Balaban J connectivity index is 2.11. The van der Waals surface area contributed by atoms with Gasteiger partial charge in [-0.2, -0.15) is 0 Å². The van der Waals surface area contributed by atoms with E-state index in [0.29, 0.717) is 18.7 Å². The second kappa shape index (κ2) is 8.64. The molecule has 25 heavy (non-hydrogen) atoms. The van der Waals surface area contributed by atoms with Gasteiger partial charge >= 0.3 is 0 Å². The fraction of sp³-hybridized carbons (Fsp3) is 0.278. The number of carbonyl (C=O) groups excluding carboxylic acids is 1. The molecule has 0 aliphatic rings. The van der Waals surface area contributed by atoms with Gasteiger partial charge < -0.3 is 10.1 Å². The Kier molecular flexibility index (Phi) is 6.55. The molecule has 0 unspecified atom stereocenters. The van der Waals surface area contributed by atoms with Crippen LogP contribution in [0.25, 0.3) is 0 Å². The molecule has 0 saturated carbocycles. The van der Waals surface area contributed by atoms with Gasteiger partial charge in [0.2, 0.25) is 10.0 Å². The normalized spacial score (nSPS) is 11.1. The molecule has 0 fully saturated rings. The smallest absolute Gasteiger partial charge is 0.251 e. The third-order valence-corrected chi connectivity index (χ3v) is 5.04. The van der Waals surface area contributed by atoms with Crippen LogP contribution in [-0.4, -0.2) is 28.0 Å². The number of carbonyl (C=O) groups is 1. The molecule has 1 amide bonds. The molecule has 0 aliphatic carbocycles. The zero-order chi connectivity index (χ0) is 18.3. The number of para-hydroxylation sites is 1. The van der Waals surface area contributed by atoms with Gasteiger partial charge in [-0.1, -0.05) is 31.2 Å². The van der Waals surface area contributed by atoms with E-state index in [0.717, 1.165) is 5.56 Å². The highest BCUT2D eigenvalue weighted by atomic mass is 32.2. The third kappa shape index (κ3) is 5.04. The molecule has 0 spiro atoms. The highest BCUT2D eigenvalue weighted by Gasteiger charge is 2.15. The molecule has 0 aromatic heterocycles. The topological polar surface area (TPSA) is 84.5 Å². The molecule has 2 aromatic carbocycles. The van der Waals surface area contributed by atoms with Gasteiger partial charge in [-0.3, -0.25) is 4.79 Å². The summed E-state index contributed by atoms with van der Waals surface area (Å²) in [6, 6.07) is 13.3. The van der Waals surface area contributed by atoms with Crippen molar-refractivity contribution in [3.8, 4) is 5.75 Å². The molecule has 7 heteroatoms. The summed E-state index contributed by atoms with van der Waals surface area (Å²) in [7, 11) is -2.04. The highest BCUT2D eigenvalue weighted by molar-refractivity contribution is 7.89. The summed E-state index contributed by atoms with van der Waals surface area (Å²) in [5, 5.41) is 2.78. The van der Waals surface area contributed by atoms with Gasteiger partial charge in [0, 0.05) is 24.2 Å². The molecule has 6 nitrogen and oxygen atoms in total. The van der Waals surface area contributed by atoms with Crippen LogP contribution < -0.4 is 14.8 Å². The van der Waals surface area contributed by atoms with E-state index in [-0.39, 0.29) is 22.9 Å². The van der Waals surface area contributed by atoms with Gasteiger partial charge in [-0.15, -0.1) is 0 Å².